The Morgan fingerprint density at radius 1 is 1.29 bits per heavy atom. The first-order valence-electron chi connectivity index (χ1n) is 7.37. The average Bonchev–Trinajstić information content (AvgIpc) is 2.42. The summed E-state index contributed by atoms with van der Waals surface area (Å²) in [6.45, 7) is 8.17. The smallest absolute Gasteiger partial charge is 0.207 e. The molecule has 21 heavy (non-hydrogen) atoms. The first-order chi connectivity index (χ1) is 9.84. The highest BCUT2D eigenvalue weighted by molar-refractivity contribution is 7.89. The predicted octanol–water partition coefficient (Wildman–Crippen LogP) is 3.46. The number of hydrogen-bond acceptors (Lipinski definition) is 3. The Bertz CT molecular complexity index is 616. The van der Waals surface area contributed by atoms with Gasteiger partial charge < -0.3 is 0 Å². The van der Waals surface area contributed by atoms with Gasteiger partial charge in [-0.1, -0.05) is 19.8 Å². The average molecular weight is 308 g/mol. The van der Waals surface area contributed by atoms with Gasteiger partial charge in [-0.2, -0.15) is 9.57 Å². The molecule has 0 aliphatic carbocycles. The second kappa shape index (κ2) is 7.58. The molecule has 0 amide bonds. The Labute approximate surface area is 128 Å². The van der Waals surface area contributed by atoms with Crippen molar-refractivity contribution in [2.75, 3.05) is 6.54 Å². The van der Waals surface area contributed by atoms with Crippen LogP contribution in [0.15, 0.2) is 23.1 Å². The van der Waals surface area contributed by atoms with Gasteiger partial charge in [0.25, 0.3) is 0 Å². The molecular weight excluding hydrogens is 284 g/mol. The van der Waals surface area contributed by atoms with Crippen LogP contribution in [-0.2, 0) is 10.0 Å². The van der Waals surface area contributed by atoms with E-state index in [0.717, 1.165) is 19.3 Å². The predicted molar refractivity (Wildman–Crippen MR) is 84.4 cm³/mol. The van der Waals surface area contributed by atoms with E-state index >= 15 is 0 Å². The number of unbranched alkanes of at least 4 members (excludes halogenated alkanes) is 2. The van der Waals surface area contributed by atoms with Crippen LogP contribution in [0.25, 0.3) is 0 Å². The normalized spacial score (nSPS) is 11.9. The molecule has 1 aromatic rings. The number of rotatable bonds is 7. The Morgan fingerprint density at radius 2 is 1.95 bits per heavy atom. The molecule has 0 atom stereocenters. The summed E-state index contributed by atoms with van der Waals surface area (Å²) < 4.78 is 27.1. The highest BCUT2D eigenvalue weighted by atomic mass is 32.2. The van der Waals surface area contributed by atoms with Crippen molar-refractivity contribution in [2.24, 2.45) is 0 Å². The van der Waals surface area contributed by atoms with Gasteiger partial charge in [0.1, 0.15) is 0 Å². The minimum absolute atomic E-state index is 0.0807. The van der Waals surface area contributed by atoms with E-state index in [1.807, 2.05) is 13.8 Å². The zero-order chi connectivity index (χ0) is 16.0. The lowest BCUT2D eigenvalue weighted by molar-refractivity contribution is 0.345. The highest BCUT2D eigenvalue weighted by Crippen LogP contribution is 2.21. The standard InChI is InChI=1S/C16H24N2O2S/c1-5-6-7-10-18(13(2)3)21(19,20)16-9-8-15(12-17)14(4)11-16/h8-9,11,13H,5-7,10H2,1-4H3. The molecule has 0 aliphatic rings. The van der Waals surface area contributed by atoms with E-state index in [1.54, 1.807) is 23.4 Å². The second-order valence-electron chi connectivity index (χ2n) is 5.51. The third kappa shape index (κ3) is 4.29. The van der Waals surface area contributed by atoms with Crippen LogP contribution in [0.4, 0.5) is 0 Å². The van der Waals surface area contributed by atoms with E-state index in [9.17, 15) is 8.42 Å². The van der Waals surface area contributed by atoms with Crippen LogP contribution in [0, 0.1) is 18.3 Å². The Kier molecular flexibility index (Phi) is 6.38. The van der Waals surface area contributed by atoms with E-state index in [1.165, 1.54) is 6.07 Å². The molecule has 0 aromatic heterocycles. The lowest BCUT2D eigenvalue weighted by Crippen LogP contribution is -2.37. The van der Waals surface area contributed by atoms with Crippen LogP contribution in [-0.4, -0.2) is 25.3 Å². The number of sulfonamides is 1. The Morgan fingerprint density at radius 3 is 2.43 bits per heavy atom. The quantitative estimate of drug-likeness (QED) is 0.725. The number of nitriles is 1. The van der Waals surface area contributed by atoms with Crippen LogP contribution in [0.2, 0.25) is 0 Å². The van der Waals surface area contributed by atoms with Crippen LogP contribution in [0.5, 0.6) is 0 Å². The van der Waals surface area contributed by atoms with E-state index in [2.05, 4.69) is 13.0 Å². The lowest BCUT2D eigenvalue weighted by atomic mass is 10.1. The van der Waals surface area contributed by atoms with Crippen molar-refractivity contribution in [3.05, 3.63) is 29.3 Å². The van der Waals surface area contributed by atoms with Gasteiger partial charge in [0.2, 0.25) is 10.0 Å². The summed E-state index contributed by atoms with van der Waals surface area (Å²) in [6, 6.07) is 6.67. The van der Waals surface area contributed by atoms with Crippen molar-refractivity contribution in [3.63, 3.8) is 0 Å². The molecule has 0 heterocycles. The summed E-state index contributed by atoms with van der Waals surface area (Å²) in [5.41, 5.74) is 1.20. The number of aryl methyl sites for hydroxylation is 1. The molecule has 0 saturated carbocycles. The van der Waals surface area contributed by atoms with Gasteiger partial charge in [-0.15, -0.1) is 0 Å². The van der Waals surface area contributed by atoms with Crippen LogP contribution in [0.1, 0.15) is 51.2 Å². The van der Waals surface area contributed by atoms with Crippen molar-refractivity contribution in [1.29, 1.82) is 5.26 Å². The molecule has 0 bridgehead atoms. The van der Waals surface area contributed by atoms with Crippen molar-refractivity contribution >= 4 is 10.0 Å². The maximum atomic E-state index is 12.8. The van der Waals surface area contributed by atoms with Crippen LogP contribution in [0.3, 0.4) is 0 Å². The zero-order valence-electron chi connectivity index (χ0n) is 13.3. The van der Waals surface area contributed by atoms with Gasteiger partial charge in [0, 0.05) is 12.6 Å². The van der Waals surface area contributed by atoms with Gasteiger partial charge >= 0.3 is 0 Å². The van der Waals surface area contributed by atoms with Crippen molar-refractivity contribution in [3.8, 4) is 6.07 Å². The van der Waals surface area contributed by atoms with Crippen LogP contribution >= 0.6 is 0 Å². The van der Waals surface area contributed by atoms with Gasteiger partial charge in [0.05, 0.1) is 16.5 Å². The van der Waals surface area contributed by atoms with Crippen LogP contribution < -0.4 is 0 Å². The molecule has 0 unspecified atom stereocenters. The fourth-order valence-electron chi connectivity index (χ4n) is 2.23. The van der Waals surface area contributed by atoms with Gasteiger partial charge in [-0.25, -0.2) is 8.42 Å². The largest absolute Gasteiger partial charge is 0.243 e. The molecule has 0 saturated heterocycles. The Hall–Kier alpha value is -1.38. The molecule has 1 aromatic carbocycles. The SMILES string of the molecule is CCCCCN(C(C)C)S(=O)(=O)c1ccc(C#N)c(C)c1. The summed E-state index contributed by atoms with van der Waals surface area (Å²) in [5, 5.41) is 8.94. The second-order valence-corrected chi connectivity index (χ2v) is 7.40. The fraction of sp³-hybridized carbons (Fsp3) is 0.562. The van der Waals surface area contributed by atoms with Gasteiger partial charge in [-0.3, -0.25) is 0 Å². The van der Waals surface area contributed by atoms with Gasteiger partial charge in [0.15, 0.2) is 0 Å². The van der Waals surface area contributed by atoms with E-state index in [-0.39, 0.29) is 10.9 Å². The van der Waals surface area contributed by atoms with Crippen molar-refractivity contribution in [2.45, 2.75) is 57.9 Å². The first kappa shape index (κ1) is 17.7. The lowest BCUT2D eigenvalue weighted by Gasteiger charge is -2.26. The maximum Gasteiger partial charge on any atom is 0.243 e. The van der Waals surface area contributed by atoms with E-state index in [0.29, 0.717) is 17.7 Å². The maximum absolute atomic E-state index is 12.8. The molecule has 0 spiro atoms. The summed E-state index contributed by atoms with van der Waals surface area (Å²) in [6.07, 6.45) is 2.94. The third-order valence-electron chi connectivity index (χ3n) is 3.48. The molecule has 1 rings (SSSR count). The molecule has 0 N–H and O–H groups in total. The highest BCUT2D eigenvalue weighted by Gasteiger charge is 2.26. The summed E-state index contributed by atoms with van der Waals surface area (Å²) in [7, 11) is -3.50. The molecule has 4 nitrogen and oxygen atoms in total. The number of benzene rings is 1. The zero-order valence-corrected chi connectivity index (χ0v) is 14.1. The number of nitrogens with zero attached hydrogens (tertiary/aromatic N) is 2. The van der Waals surface area contributed by atoms with Crippen molar-refractivity contribution in [1.82, 2.24) is 4.31 Å². The summed E-state index contributed by atoms with van der Waals surface area (Å²) >= 11 is 0. The summed E-state index contributed by atoms with van der Waals surface area (Å²) in [5.74, 6) is 0. The molecule has 0 radical (unpaired) electrons. The van der Waals surface area contributed by atoms with Crippen molar-refractivity contribution < 1.29 is 8.42 Å². The monoisotopic (exact) mass is 308 g/mol. The minimum Gasteiger partial charge on any atom is -0.207 e. The minimum atomic E-state index is -3.50. The van der Waals surface area contributed by atoms with E-state index < -0.39 is 10.0 Å². The summed E-state index contributed by atoms with van der Waals surface area (Å²) in [4.78, 5) is 0.268. The Balaban J connectivity index is 3.11. The van der Waals surface area contributed by atoms with E-state index in [4.69, 9.17) is 5.26 Å². The molecule has 116 valence electrons. The molecule has 0 fully saturated rings. The van der Waals surface area contributed by atoms with Gasteiger partial charge in [-0.05, 0) is 51.0 Å². The molecular formula is C16H24N2O2S. The topological polar surface area (TPSA) is 61.2 Å². The molecule has 5 heteroatoms. The third-order valence-corrected chi connectivity index (χ3v) is 5.55. The fourth-order valence-corrected chi connectivity index (χ4v) is 3.99. The number of hydrogen-bond donors (Lipinski definition) is 0. The molecule has 0 aliphatic heterocycles. The first-order valence-corrected chi connectivity index (χ1v) is 8.81.